The average Bonchev–Trinajstić information content (AvgIpc) is 2.90. The third-order valence-corrected chi connectivity index (χ3v) is 5.88. The average molecular weight is 318 g/mol. The molecule has 112 valence electrons. The van der Waals surface area contributed by atoms with Crippen LogP contribution in [0, 0.1) is 5.92 Å². The van der Waals surface area contributed by atoms with Crippen molar-refractivity contribution in [2.75, 3.05) is 19.0 Å². The summed E-state index contributed by atoms with van der Waals surface area (Å²) in [5.41, 5.74) is 1.03. The topological polar surface area (TPSA) is 57.6 Å². The number of sulfonamides is 1. The Morgan fingerprint density at radius 3 is 2.55 bits per heavy atom. The van der Waals surface area contributed by atoms with E-state index in [0.717, 1.165) is 12.0 Å². The molecule has 6 heteroatoms. The third kappa shape index (κ3) is 3.34. The number of rotatable bonds is 5. The van der Waals surface area contributed by atoms with Crippen LogP contribution in [0.3, 0.4) is 0 Å². The van der Waals surface area contributed by atoms with E-state index in [-0.39, 0.29) is 5.92 Å². The molecule has 0 bridgehead atoms. The Morgan fingerprint density at radius 1 is 1.40 bits per heavy atom. The maximum absolute atomic E-state index is 12.5. The van der Waals surface area contributed by atoms with E-state index in [1.54, 1.807) is 31.2 Å². The van der Waals surface area contributed by atoms with Crippen molar-refractivity contribution in [3.05, 3.63) is 29.8 Å². The van der Waals surface area contributed by atoms with Crippen LogP contribution in [0.25, 0.3) is 0 Å². The van der Waals surface area contributed by atoms with Gasteiger partial charge in [0.2, 0.25) is 10.0 Å². The van der Waals surface area contributed by atoms with Gasteiger partial charge in [0, 0.05) is 19.0 Å². The number of nitrogens with zero attached hydrogens (tertiary/aromatic N) is 1. The SMILES string of the molecule is CC(O)C1CCN(S(=O)(=O)c2ccc(CCCl)cc2)C1. The molecule has 2 atom stereocenters. The van der Waals surface area contributed by atoms with Gasteiger partial charge in [-0.2, -0.15) is 4.31 Å². The fraction of sp³-hybridized carbons (Fsp3) is 0.571. The van der Waals surface area contributed by atoms with E-state index in [2.05, 4.69) is 0 Å². The first-order valence-electron chi connectivity index (χ1n) is 6.78. The molecule has 20 heavy (non-hydrogen) atoms. The van der Waals surface area contributed by atoms with Crippen LogP contribution in [0.2, 0.25) is 0 Å². The Balaban J connectivity index is 2.14. The summed E-state index contributed by atoms with van der Waals surface area (Å²) in [6.07, 6.45) is 0.970. The molecule has 1 saturated heterocycles. The molecule has 0 amide bonds. The highest BCUT2D eigenvalue weighted by atomic mass is 35.5. The van der Waals surface area contributed by atoms with E-state index < -0.39 is 16.1 Å². The summed E-state index contributed by atoms with van der Waals surface area (Å²) in [5, 5.41) is 9.57. The summed E-state index contributed by atoms with van der Waals surface area (Å²) in [4.78, 5) is 0.307. The van der Waals surface area contributed by atoms with E-state index in [1.165, 1.54) is 4.31 Å². The third-order valence-electron chi connectivity index (χ3n) is 3.81. The summed E-state index contributed by atoms with van der Waals surface area (Å²) in [6.45, 7) is 2.58. The van der Waals surface area contributed by atoms with E-state index in [4.69, 9.17) is 11.6 Å². The largest absolute Gasteiger partial charge is 0.393 e. The first kappa shape index (κ1) is 15.8. The van der Waals surface area contributed by atoms with Gasteiger partial charge >= 0.3 is 0 Å². The fourth-order valence-corrected chi connectivity index (χ4v) is 4.18. The monoisotopic (exact) mass is 317 g/mol. The zero-order valence-corrected chi connectivity index (χ0v) is 13.1. The second kappa shape index (κ2) is 6.43. The van der Waals surface area contributed by atoms with Crippen molar-refractivity contribution < 1.29 is 13.5 Å². The van der Waals surface area contributed by atoms with Crippen molar-refractivity contribution in [1.82, 2.24) is 4.31 Å². The lowest BCUT2D eigenvalue weighted by atomic mass is 10.0. The summed E-state index contributed by atoms with van der Waals surface area (Å²) in [6, 6.07) is 6.87. The number of hydrogen-bond acceptors (Lipinski definition) is 3. The quantitative estimate of drug-likeness (QED) is 0.843. The number of aliphatic hydroxyl groups is 1. The Bertz CT molecular complexity index is 542. The normalized spacial score (nSPS) is 22.1. The van der Waals surface area contributed by atoms with Crippen molar-refractivity contribution in [2.24, 2.45) is 5.92 Å². The number of aryl methyl sites for hydroxylation is 1. The van der Waals surface area contributed by atoms with Crippen LogP contribution in [0.1, 0.15) is 18.9 Å². The van der Waals surface area contributed by atoms with Crippen molar-refractivity contribution in [1.29, 1.82) is 0 Å². The van der Waals surface area contributed by atoms with Crippen LogP contribution in [-0.4, -0.2) is 42.9 Å². The van der Waals surface area contributed by atoms with E-state index in [1.807, 2.05) is 0 Å². The van der Waals surface area contributed by atoms with Crippen LogP contribution in [0.5, 0.6) is 0 Å². The van der Waals surface area contributed by atoms with Crippen molar-refractivity contribution in [3.63, 3.8) is 0 Å². The van der Waals surface area contributed by atoms with Crippen LogP contribution in [0.4, 0.5) is 0 Å². The molecule has 1 fully saturated rings. The first-order chi connectivity index (χ1) is 9.45. The van der Waals surface area contributed by atoms with Crippen LogP contribution < -0.4 is 0 Å². The van der Waals surface area contributed by atoms with Gasteiger partial charge in [-0.15, -0.1) is 11.6 Å². The second-order valence-electron chi connectivity index (χ2n) is 5.24. The standard InChI is InChI=1S/C14H20ClNO3S/c1-11(17)13-7-9-16(10-13)20(18,19)14-4-2-12(3-5-14)6-8-15/h2-5,11,13,17H,6-10H2,1H3. The molecule has 4 nitrogen and oxygen atoms in total. The minimum Gasteiger partial charge on any atom is -0.393 e. The van der Waals surface area contributed by atoms with Gasteiger partial charge < -0.3 is 5.11 Å². The molecule has 1 aliphatic heterocycles. The molecule has 1 aromatic rings. The van der Waals surface area contributed by atoms with Gasteiger partial charge in [0.25, 0.3) is 0 Å². The summed E-state index contributed by atoms with van der Waals surface area (Å²) in [7, 11) is -3.45. The molecule has 0 radical (unpaired) electrons. The van der Waals surface area contributed by atoms with Gasteiger partial charge in [0.1, 0.15) is 0 Å². The van der Waals surface area contributed by atoms with E-state index in [0.29, 0.717) is 30.3 Å². The molecular formula is C14H20ClNO3S. The van der Waals surface area contributed by atoms with Gasteiger partial charge in [-0.05, 0) is 43.4 Å². The van der Waals surface area contributed by atoms with Gasteiger partial charge in [0.05, 0.1) is 11.0 Å². The van der Waals surface area contributed by atoms with Crippen molar-refractivity contribution in [2.45, 2.75) is 30.8 Å². The molecule has 0 aliphatic carbocycles. The number of halogens is 1. The van der Waals surface area contributed by atoms with Gasteiger partial charge in [-0.1, -0.05) is 12.1 Å². The summed E-state index contributed by atoms with van der Waals surface area (Å²) in [5.74, 6) is 0.550. The molecular weight excluding hydrogens is 298 g/mol. The Kier molecular flexibility index (Phi) is 5.07. The van der Waals surface area contributed by atoms with Crippen molar-refractivity contribution >= 4 is 21.6 Å². The number of hydrogen-bond donors (Lipinski definition) is 1. The van der Waals surface area contributed by atoms with Gasteiger partial charge in [-0.3, -0.25) is 0 Å². The van der Waals surface area contributed by atoms with E-state index >= 15 is 0 Å². The number of aliphatic hydroxyl groups excluding tert-OH is 1. The molecule has 1 aliphatic rings. The first-order valence-corrected chi connectivity index (χ1v) is 8.75. The van der Waals surface area contributed by atoms with Crippen LogP contribution >= 0.6 is 11.6 Å². The minimum absolute atomic E-state index is 0.0281. The minimum atomic E-state index is -3.45. The maximum atomic E-state index is 12.5. The summed E-state index contributed by atoms with van der Waals surface area (Å²) >= 11 is 5.66. The summed E-state index contributed by atoms with van der Waals surface area (Å²) < 4.78 is 26.4. The lowest BCUT2D eigenvalue weighted by molar-refractivity contribution is 0.133. The highest BCUT2D eigenvalue weighted by Gasteiger charge is 2.34. The maximum Gasteiger partial charge on any atom is 0.243 e. The Hall–Kier alpha value is -0.620. The van der Waals surface area contributed by atoms with E-state index in [9.17, 15) is 13.5 Å². The van der Waals surface area contributed by atoms with Gasteiger partial charge in [-0.25, -0.2) is 8.42 Å². The van der Waals surface area contributed by atoms with Crippen molar-refractivity contribution in [3.8, 4) is 0 Å². The molecule has 0 saturated carbocycles. The molecule has 2 rings (SSSR count). The zero-order chi connectivity index (χ0) is 14.8. The molecule has 1 heterocycles. The second-order valence-corrected chi connectivity index (χ2v) is 7.55. The molecule has 0 aromatic heterocycles. The zero-order valence-electron chi connectivity index (χ0n) is 11.5. The Labute approximate surface area is 125 Å². The fourth-order valence-electron chi connectivity index (χ4n) is 2.45. The molecule has 1 N–H and O–H groups in total. The number of benzene rings is 1. The number of alkyl halides is 1. The highest BCUT2D eigenvalue weighted by Crippen LogP contribution is 2.26. The highest BCUT2D eigenvalue weighted by molar-refractivity contribution is 7.89. The predicted molar refractivity (Wildman–Crippen MR) is 79.4 cm³/mol. The smallest absolute Gasteiger partial charge is 0.243 e. The van der Waals surface area contributed by atoms with Crippen LogP contribution in [0.15, 0.2) is 29.2 Å². The lowest BCUT2D eigenvalue weighted by Gasteiger charge is -2.18. The van der Waals surface area contributed by atoms with Gasteiger partial charge in [0.15, 0.2) is 0 Å². The molecule has 2 unspecified atom stereocenters. The molecule has 0 spiro atoms. The lowest BCUT2D eigenvalue weighted by Crippen LogP contribution is -2.30. The Morgan fingerprint density at radius 2 is 2.05 bits per heavy atom. The molecule has 1 aromatic carbocycles. The van der Waals surface area contributed by atoms with Crippen LogP contribution in [-0.2, 0) is 16.4 Å². The predicted octanol–water partition coefficient (Wildman–Crippen LogP) is 1.86.